The van der Waals surface area contributed by atoms with E-state index in [0.29, 0.717) is 12.5 Å². The number of nitrogens with two attached hydrogens (primary N) is 1. The molecule has 0 aromatic carbocycles. The molecule has 0 amide bonds. The molecular weight excluding hydrogens is 160 g/mol. The normalized spacial score (nSPS) is 10.8. The molecule has 72 valence electrons. The van der Waals surface area contributed by atoms with Crippen molar-refractivity contribution in [1.82, 2.24) is 4.98 Å². The molecule has 0 aliphatic heterocycles. The van der Waals surface area contributed by atoms with E-state index >= 15 is 0 Å². The average Bonchev–Trinajstić information content (AvgIpc) is 2.16. The highest BCUT2D eigenvalue weighted by molar-refractivity contribution is 5.24. The van der Waals surface area contributed by atoms with Crippen molar-refractivity contribution in [2.45, 2.75) is 39.7 Å². The fourth-order valence-corrected chi connectivity index (χ4v) is 1.37. The van der Waals surface area contributed by atoms with Crippen LogP contribution in [0.5, 0.6) is 0 Å². The Balaban J connectivity index is 3.05. The molecule has 1 rings (SSSR count). The molecule has 13 heavy (non-hydrogen) atoms. The number of nitrogens with zero attached hydrogens (tertiary/aromatic N) is 1. The summed E-state index contributed by atoms with van der Waals surface area (Å²) in [6, 6.07) is 4.24. The van der Waals surface area contributed by atoms with Crippen LogP contribution in [0.15, 0.2) is 12.1 Å². The van der Waals surface area contributed by atoms with Crippen LogP contribution >= 0.6 is 0 Å². The third-order valence-electron chi connectivity index (χ3n) is 2.26. The highest BCUT2D eigenvalue weighted by Crippen LogP contribution is 2.15. The molecule has 0 unspecified atom stereocenters. The quantitative estimate of drug-likeness (QED) is 0.770. The highest BCUT2D eigenvalue weighted by atomic mass is 14.8. The summed E-state index contributed by atoms with van der Waals surface area (Å²) in [6.07, 6.45) is 1.01. The van der Waals surface area contributed by atoms with Crippen molar-refractivity contribution < 1.29 is 0 Å². The van der Waals surface area contributed by atoms with E-state index in [1.165, 1.54) is 5.56 Å². The molecular formula is C11H18N2. The lowest BCUT2D eigenvalue weighted by Crippen LogP contribution is -2.06. The largest absolute Gasteiger partial charge is 0.325 e. The summed E-state index contributed by atoms with van der Waals surface area (Å²) >= 11 is 0. The Hall–Kier alpha value is -0.890. The van der Waals surface area contributed by atoms with Crippen LogP contribution in [0, 0.1) is 0 Å². The van der Waals surface area contributed by atoms with Gasteiger partial charge in [-0.1, -0.05) is 26.8 Å². The second kappa shape index (κ2) is 4.38. The lowest BCUT2D eigenvalue weighted by atomic mass is 10.1. The van der Waals surface area contributed by atoms with Crippen molar-refractivity contribution in [1.29, 1.82) is 0 Å². The maximum absolute atomic E-state index is 5.63. The van der Waals surface area contributed by atoms with Crippen molar-refractivity contribution in [3.8, 4) is 0 Å². The van der Waals surface area contributed by atoms with Gasteiger partial charge in [0, 0.05) is 12.2 Å². The van der Waals surface area contributed by atoms with Gasteiger partial charge in [0.2, 0.25) is 0 Å². The molecule has 0 aliphatic rings. The number of aryl methyl sites for hydroxylation is 1. The van der Waals surface area contributed by atoms with Gasteiger partial charge in [0.1, 0.15) is 0 Å². The molecule has 0 atom stereocenters. The molecule has 1 heterocycles. The maximum Gasteiger partial charge on any atom is 0.0574 e. The van der Waals surface area contributed by atoms with Gasteiger partial charge in [-0.15, -0.1) is 0 Å². The van der Waals surface area contributed by atoms with E-state index in [-0.39, 0.29) is 0 Å². The van der Waals surface area contributed by atoms with E-state index in [9.17, 15) is 0 Å². The lowest BCUT2D eigenvalue weighted by Gasteiger charge is -2.09. The minimum Gasteiger partial charge on any atom is -0.325 e. The molecule has 2 nitrogen and oxygen atoms in total. The van der Waals surface area contributed by atoms with Crippen LogP contribution in [0.25, 0.3) is 0 Å². The molecule has 0 saturated carbocycles. The summed E-state index contributed by atoms with van der Waals surface area (Å²) in [5.41, 5.74) is 9.09. The number of aromatic nitrogens is 1. The third kappa shape index (κ3) is 2.28. The van der Waals surface area contributed by atoms with Gasteiger partial charge in [-0.25, -0.2) is 0 Å². The van der Waals surface area contributed by atoms with E-state index in [1.807, 2.05) is 0 Å². The molecule has 2 N–H and O–H groups in total. The standard InChI is InChI=1S/C11H18N2/c1-4-9-5-6-10(8(2)3)13-11(9)7-12/h5-6,8H,4,7,12H2,1-3H3. The molecule has 0 saturated heterocycles. The minimum atomic E-state index is 0.483. The van der Waals surface area contributed by atoms with Crippen molar-refractivity contribution in [2.24, 2.45) is 5.73 Å². The van der Waals surface area contributed by atoms with Gasteiger partial charge in [-0.2, -0.15) is 0 Å². The van der Waals surface area contributed by atoms with E-state index < -0.39 is 0 Å². The fraction of sp³-hybridized carbons (Fsp3) is 0.545. The number of pyridine rings is 1. The van der Waals surface area contributed by atoms with Gasteiger partial charge in [0.05, 0.1) is 5.69 Å². The zero-order valence-electron chi connectivity index (χ0n) is 8.67. The Morgan fingerprint density at radius 2 is 2.08 bits per heavy atom. The first-order valence-electron chi connectivity index (χ1n) is 4.87. The molecule has 0 fully saturated rings. The molecule has 1 aromatic rings. The fourth-order valence-electron chi connectivity index (χ4n) is 1.37. The number of hydrogen-bond acceptors (Lipinski definition) is 2. The highest BCUT2D eigenvalue weighted by Gasteiger charge is 2.05. The Bertz CT molecular complexity index is 279. The van der Waals surface area contributed by atoms with Gasteiger partial charge in [-0.3, -0.25) is 4.98 Å². The van der Waals surface area contributed by atoms with Gasteiger partial charge in [0.15, 0.2) is 0 Å². The van der Waals surface area contributed by atoms with Crippen LogP contribution in [0.2, 0.25) is 0 Å². The van der Waals surface area contributed by atoms with E-state index in [2.05, 4.69) is 37.9 Å². The summed E-state index contributed by atoms with van der Waals surface area (Å²) < 4.78 is 0. The average molecular weight is 178 g/mol. The van der Waals surface area contributed by atoms with Gasteiger partial charge < -0.3 is 5.73 Å². The van der Waals surface area contributed by atoms with Gasteiger partial charge >= 0.3 is 0 Å². The van der Waals surface area contributed by atoms with Crippen LogP contribution < -0.4 is 5.73 Å². The Morgan fingerprint density at radius 3 is 2.54 bits per heavy atom. The monoisotopic (exact) mass is 178 g/mol. The third-order valence-corrected chi connectivity index (χ3v) is 2.26. The van der Waals surface area contributed by atoms with E-state index in [4.69, 9.17) is 5.73 Å². The van der Waals surface area contributed by atoms with Crippen LogP contribution in [-0.2, 0) is 13.0 Å². The smallest absolute Gasteiger partial charge is 0.0574 e. The van der Waals surface area contributed by atoms with E-state index in [0.717, 1.165) is 17.8 Å². The predicted molar refractivity (Wildman–Crippen MR) is 55.6 cm³/mol. The van der Waals surface area contributed by atoms with Crippen LogP contribution in [-0.4, -0.2) is 4.98 Å². The Kier molecular flexibility index (Phi) is 3.43. The summed E-state index contributed by atoms with van der Waals surface area (Å²) in [4.78, 5) is 4.54. The number of hydrogen-bond donors (Lipinski definition) is 1. The van der Waals surface area contributed by atoms with Crippen molar-refractivity contribution in [3.63, 3.8) is 0 Å². The molecule has 1 aromatic heterocycles. The second-order valence-corrected chi connectivity index (χ2v) is 3.55. The molecule has 2 heteroatoms. The summed E-state index contributed by atoms with van der Waals surface area (Å²) in [5, 5.41) is 0. The molecule has 0 bridgehead atoms. The molecule has 0 spiro atoms. The summed E-state index contributed by atoms with van der Waals surface area (Å²) in [6.45, 7) is 6.97. The van der Waals surface area contributed by atoms with Crippen molar-refractivity contribution >= 4 is 0 Å². The summed E-state index contributed by atoms with van der Waals surface area (Å²) in [5.74, 6) is 0.483. The van der Waals surface area contributed by atoms with Crippen molar-refractivity contribution in [2.75, 3.05) is 0 Å². The van der Waals surface area contributed by atoms with Gasteiger partial charge in [0.25, 0.3) is 0 Å². The first kappa shape index (κ1) is 10.2. The van der Waals surface area contributed by atoms with Crippen LogP contribution in [0.1, 0.15) is 43.6 Å². The zero-order chi connectivity index (χ0) is 9.84. The number of rotatable bonds is 3. The topological polar surface area (TPSA) is 38.9 Å². The maximum atomic E-state index is 5.63. The SMILES string of the molecule is CCc1ccc(C(C)C)nc1CN. The first-order chi connectivity index (χ1) is 6.19. The molecule has 0 aliphatic carbocycles. The zero-order valence-corrected chi connectivity index (χ0v) is 8.67. The van der Waals surface area contributed by atoms with Crippen molar-refractivity contribution in [3.05, 3.63) is 29.1 Å². The predicted octanol–water partition coefficient (Wildman–Crippen LogP) is 2.23. The van der Waals surface area contributed by atoms with Gasteiger partial charge in [-0.05, 0) is 24.0 Å². The second-order valence-electron chi connectivity index (χ2n) is 3.55. The summed E-state index contributed by atoms with van der Waals surface area (Å²) in [7, 11) is 0. The van der Waals surface area contributed by atoms with E-state index in [1.54, 1.807) is 0 Å². The van der Waals surface area contributed by atoms with Crippen LogP contribution in [0.4, 0.5) is 0 Å². The lowest BCUT2D eigenvalue weighted by molar-refractivity contribution is 0.794. The Labute approximate surface area is 80.2 Å². The first-order valence-corrected chi connectivity index (χ1v) is 4.87. The Morgan fingerprint density at radius 1 is 1.38 bits per heavy atom. The molecule has 0 radical (unpaired) electrons. The van der Waals surface area contributed by atoms with Crippen LogP contribution in [0.3, 0.4) is 0 Å². The minimum absolute atomic E-state index is 0.483.